The summed E-state index contributed by atoms with van der Waals surface area (Å²) in [5.41, 5.74) is 4.07. The molecule has 1 amide bonds. The molecule has 1 aliphatic carbocycles. The molecule has 0 bridgehead atoms. The fourth-order valence-corrected chi connectivity index (χ4v) is 1.88. The lowest BCUT2D eigenvalue weighted by Crippen LogP contribution is -2.58. The lowest BCUT2D eigenvalue weighted by atomic mass is 9.56. The molecule has 0 aromatic carbocycles. The molecule has 1 fully saturated rings. The third kappa shape index (κ3) is 2.27. The summed E-state index contributed by atoms with van der Waals surface area (Å²) in [5.74, 6) is -0.0993. The Morgan fingerprint density at radius 2 is 1.71 bits per heavy atom. The number of primary amides is 1. The van der Waals surface area contributed by atoms with Crippen molar-refractivity contribution in [2.45, 2.75) is 53.1 Å². The molecule has 0 heterocycles. The van der Waals surface area contributed by atoms with Crippen molar-refractivity contribution in [1.29, 1.82) is 0 Å². The molecule has 3 nitrogen and oxygen atoms in total. The van der Waals surface area contributed by atoms with Gasteiger partial charge in [-0.15, -0.1) is 0 Å². The van der Waals surface area contributed by atoms with Gasteiger partial charge in [-0.05, 0) is 18.8 Å². The van der Waals surface area contributed by atoms with Crippen LogP contribution in [-0.4, -0.2) is 16.6 Å². The molecular weight excluding hydrogens is 178 g/mol. The van der Waals surface area contributed by atoms with Crippen molar-refractivity contribution in [3.8, 4) is 0 Å². The van der Waals surface area contributed by atoms with Gasteiger partial charge >= 0.3 is 0 Å². The highest BCUT2D eigenvalue weighted by molar-refractivity contribution is 5.81. The first-order valence-electron chi connectivity index (χ1n) is 5.32. The molecule has 0 saturated heterocycles. The molecule has 3 N–H and O–H groups in total. The van der Waals surface area contributed by atoms with Crippen LogP contribution in [0.15, 0.2) is 0 Å². The Hall–Kier alpha value is -0.570. The number of hydrogen-bond acceptors (Lipinski definition) is 2. The third-order valence-electron chi connectivity index (χ3n) is 3.06. The quantitative estimate of drug-likeness (QED) is 0.714. The maximum absolute atomic E-state index is 10.9. The standard InChI is InChI=1S/C9H17NO2.C2H6/c1-6(2)9(12)4-8(3,5-9)7(10)11;1-2/h6,12H,4-5H2,1-3H3,(H2,10,11);1-2H3. The van der Waals surface area contributed by atoms with Gasteiger partial charge in [-0.3, -0.25) is 4.79 Å². The lowest BCUT2D eigenvalue weighted by Gasteiger charge is -2.52. The van der Waals surface area contributed by atoms with E-state index in [1.807, 2.05) is 34.6 Å². The van der Waals surface area contributed by atoms with Gasteiger partial charge in [0, 0.05) is 0 Å². The van der Waals surface area contributed by atoms with Gasteiger partial charge in [-0.2, -0.15) is 0 Å². The minimum atomic E-state index is -0.663. The number of amides is 1. The van der Waals surface area contributed by atoms with Crippen LogP contribution in [0.1, 0.15) is 47.5 Å². The minimum Gasteiger partial charge on any atom is -0.390 e. The van der Waals surface area contributed by atoms with Crippen LogP contribution in [0.4, 0.5) is 0 Å². The molecule has 0 radical (unpaired) electrons. The van der Waals surface area contributed by atoms with Gasteiger partial charge in [0.1, 0.15) is 0 Å². The van der Waals surface area contributed by atoms with Crippen LogP contribution in [-0.2, 0) is 4.79 Å². The zero-order chi connectivity index (χ0) is 11.6. The topological polar surface area (TPSA) is 63.3 Å². The average molecular weight is 201 g/mol. The zero-order valence-electron chi connectivity index (χ0n) is 9.92. The predicted octanol–water partition coefficient (Wildman–Crippen LogP) is 1.69. The maximum Gasteiger partial charge on any atom is 0.223 e. The van der Waals surface area contributed by atoms with E-state index in [9.17, 15) is 9.90 Å². The largest absolute Gasteiger partial charge is 0.390 e. The van der Waals surface area contributed by atoms with Gasteiger partial charge < -0.3 is 10.8 Å². The van der Waals surface area contributed by atoms with Crippen molar-refractivity contribution in [2.75, 3.05) is 0 Å². The van der Waals surface area contributed by atoms with Crippen LogP contribution in [0.5, 0.6) is 0 Å². The maximum atomic E-state index is 10.9. The molecule has 84 valence electrons. The fraction of sp³-hybridized carbons (Fsp3) is 0.909. The summed E-state index contributed by atoms with van der Waals surface area (Å²) in [6, 6.07) is 0. The molecule has 0 aromatic heterocycles. The van der Waals surface area contributed by atoms with E-state index in [4.69, 9.17) is 5.73 Å². The van der Waals surface area contributed by atoms with E-state index in [0.717, 1.165) is 0 Å². The Morgan fingerprint density at radius 1 is 1.36 bits per heavy atom. The highest BCUT2D eigenvalue weighted by Gasteiger charge is 2.55. The van der Waals surface area contributed by atoms with Gasteiger partial charge in [-0.1, -0.05) is 34.6 Å². The van der Waals surface area contributed by atoms with Crippen molar-refractivity contribution < 1.29 is 9.90 Å². The van der Waals surface area contributed by atoms with Crippen LogP contribution >= 0.6 is 0 Å². The van der Waals surface area contributed by atoms with Crippen LogP contribution in [0.3, 0.4) is 0 Å². The Kier molecular flexibility index (Phi) is 4.13. The highest BCUT2D eigenvalue weighted by atomic mass is 16.3. The Labute approximate surface area is 86.7 Å². The van der Waals surface area contributed by atoms with E-state index in [1.165, 1.54) is 0 Å². The lowest BCUT2D eigenvalue weighted by molar-refractivity contribution is -0.169. The summed E-state index contributed by atoms with van der Waals surface area (Å²) in [6.07, 6.45) is 1.01. The van der Waals surface area contributed by atoms with Crippen molar-refractivity contribution >= 4 is 5.91 Å². The number of hydrogen-bond donors (Lipinski definition) is 2. The molecule has 14 heavy (non-hydrogen) atoms. The van der Waals surface area contributed by atoms with Crippen molar-refractivity contribution in [3.63, 3.8) is 0 Å². The first kappa shape index (κ1) is 13.4. The van der Waals surface area contributed by atoms with Crippen molar-refractivity contribution in [3.05, 3.63) is 0 Å². The first-order chi connectivity index (χ1) is 6.30. The van der Waals surface area contributed by atoms with E-state index in [2.05, 4.69) is 0 Å². The first-order valence-corrected chi connectivity index (χ1v) is 5.32. The van der Waals surface area contributed by atoms with Gasteiger partial charge in [0.05, 0.1) is 11.0 Å². The monoisotopic (exact) mass is 201 g/mol. The van der Waals surface area contributed by atoms with E-state index >= 15 is 0 Å². The molecule has 0 atom stereocenters. The molecule has 1 aliphatic rings. The molecule has 1 rings (SSSR count). The van der Waals surface area contributed by atoms with Crippen LogP contribution in [0.2, 0.25) is 0 Å². The highest BCUT2D eigenvalue weighted by Crippen LogP contribution is 2.51. The van der Waals surface area contributed by atoms with E-state index < -0.39 is 11.0 Å². The van der Waals surface area contributed by atoms with Crippen LogP contribution < -0.4 is 5.73 Å². The second-order valence-electron chi connectivity index (χ2n) is 4.54. The van der Waals surface area contributed by atoms with Gasteiger partial charge in [0.25, 0.3) is 0 Å². The molecule has 3 heteroatoms. The molecule has 0 spiro atoms. The summed E-state index contributed by atoms with van der Waals surface area (Å²) in [7, 11) is 0. The summed E-state index contributed by atoms with van der Waals surface area (Å²) >= 11 is 0. The SMILES string of the molecule is CC.CC(C)C1(O)CC(C)(C(N)=O)C1. The summed E-state index contributed by atoms with van der Waals surface area (Å²) < 4.78 is 0. The molecule has 0 unspecified atom stereocenters. The van der Waals surface area contributed by atoms with Gasteiger partial charge in [-0.25, -0.2) is 0 Å². The number of rotatable bonds is 2. The summed E-state index contributed by atoms with van der Waals surface area (Å²) in [6.45, 7) is 9.73. The Bertz CT molecular complexity index is 205. The fourth-order valence-electron chi connectivity index (χ4n) is 1.88. The molecule has 1 saturated carbocycles. The number of nitrogens with two attached hydrogens (primary N) is 1. The minimum absolute atomic E-state index is 0.199. The Balaban J connectivity index is 0.000000791. The van der Waals surface area contributed by atoms with Crippen molar-refractivity contribution in [1.82, 2.24) is 0 Å². The predicted molar refractivity (Wildman–Crippen MR) is 57.7 cm³/mol. The number of carbonyl (C=O) groups excluding carboxylic acids is 1. The second kappa shape index (κ2) is 4.30. The molecule has 0 aliphatic heterocycles. The summed E-state index contributed by atoms with van der Waals surface area (Å²) in [5, 5.41) is 9.86. The van der Waals surface area contributed by atoms with Gasteiger partial charge in [0.2, 0.25) is 5.91 Å². The molecule has 0 aromatic rings. The number of carbonyl (C=O) groups is 1. The third-order valence-corrected chi connectivity index (χ3v) is 3.06. The van der Waals surface area contributed by atoms with Crippen molar-refractivity contribution in [2.24, 2.45) is 17.1 Å². The normalized spacial score (nSPS) is 35.6. The van der Waals surface area contributed by atoms with Crippen LogP contribution in [0.25, 0.3) is 0 Å². The van der Waals surface area contributed by atoms with E-state index in [1.54, 1.807) is 0 Å². The number of aliphatic hydroxyl groups is 1. The van der Waals surface area contributed by atoms with Crippen LogP contribution in [0, 0.1) is 11.3 Å². The van der Waals surface area contributed by atoms with E-state index in [0.29, 0.717) is 12.8 Å². The Morgan fingerprint density at radius 3 is 1.93 bits per heavy atom. The van der Waals surface area contributed by atoms with E-state index in [-0.39, 0.29) is 11.8 Å². The molecular formula is C11H23NO2. The second-order valence-corrected chi connectivity index (χ2v) is 4.54. The zero-order valence-corrected chi connectivity index (χ0v) is 9.92. The summed E-state index contributed by atoms with van der Waals surface area (Å²) in [4.78, 5) is 10.9. The van der Waals surface area contributed by atoms with Gasteiger partial charge in [0.15, 0.2) is 0 Å². The smallest absolute Gasteiger partial charge is 0.223 e. The average Bonchev–Trinajstić information content (AvgIpc) is 2.04.